The number of aliphatic imine (C=N–C) groups is 2. The number of rotatable bonds is 2. The van der Waals surface area contributed by atoms with Crippen LogP contribution in [-0.2, 0) is 0 Å². The van der Waals surface area contributed by atoms with E-state index < -0.39 is 5.66 Å². The zero-order chi connectivity index (χ0) is 19.3. The summed E-state index contributed by atoms with van der Waals surface area (Å²) in [5, 5.41) is 13.7. The van der Waals surface area contributed by atoms with Crippen LogP contribution >= 0.6 is 11.3 Å². The van der Waals surface area contributed by atoms with Crippen LogP contribution in [-0.4, -0.2) is 37.4 Å². The van der Waals surface area contributed by atoms with Gasteiger partial charge in [-0.05, 0) is 44.7 Å². The molecule has 5 rings (SSSR count). The van der Waals surface area contributed by atoms with Crippen molar-refractivity contribution in [3.05, 3.63) is 30.1 Å². The molecule has 1 aliphatic heterocycles. The Balaban J connectivity index is 1.58. The van der Waals surface area contributed by atoms with Crippen molar-refractivity contribution in [3.63, 3.8) is 0 Å². The third-order valence-electron chi connectivity index (χ3n) is 5.35. The van der Waals surface area contributed by atoms with Crippen molar-refractivity contribution in [2.24, 2.45) is 21.5 Å². The van der Waals surface area contributed by atoms with Gasteiger partial charge in [-0.15, -0.1) is 10.2 Å². The monoisotopic (exact) mass is 395 g/mol. The highest BCUT2D eigenvalue weighted by molar-refractivity contribution is 7.19. The first kappa shape index (κ1) is 17.1. The molecule has 1 saturated carbocycles. The van der Waals surface area contributed by atoms with Gasteiger partial charge in [-0.25, -0.2) is 4.99 Å². The van der Waals surface area contributed by atoms with Crippen LogP contribution in [0.3, 0.4) is 0 Å². The predicted octanol–water partition coefficient (Wildman–Crippen LogP) is 2.27. The smallest absolute Gasteiger partial charge is 0.234 e. The molecule has 144 valence electrons. The molecule has 0 saturated heterocycles. The van der Waals surface area contributed by atoms with Crippen molar-refractivity contribution in [1.29, 1.82) is 0 Å². The number of aryl methyl sites for hydroxylation is 1. The van der Waals surface area contributed by atoms with E-state index in [9.17, 15) is 0 Å². The molecule has 4 N–H and O–H groups in total. The zero-order valence-corrected chi connectivity index (χ0v) is 16.4. The quantitative estimate of drug-likeness (QED) is 0.686. The first-order valence-corrected chi connectivity index (χ1v) is 10.2. The minimum absolute atomic E-state index is 0.260. The highest BCUT2D eigenvalue weighted by Crippen LogP contribution is 2.40. The molecule has 2 aliphatic rings. The second-order valence-corrected chi connectivity index (χ2v) is 8.17. The van der Waals surface area contributed by atoms with Gasteiger partial charge in [0.1, 0.15) is 10.7 Å². The summed E-state index contributed by atoms with van der Waals surface area (Å²) in [7, 11) is 0. The first-order chi connectivity index (χ1) is 13.6. The van der Waals surface area contributed by atoms with E-state index in [-0.39, 0.29) is 5.96 Å². The Kier molecular flexibility index (Phi) is 3.83. The molecule has 1 fully saturated rings. The van der Waals surface area contributed by atoms with E-state index in [0.717, 1.165) is 52.7 Å². The molecule has 1 spiro atoms. The Bertz CT molecular complexity index is 1100. The number of aromatic nitrogens is 4. The van der Waals surface area contributed by atoms with Crippen LogP contribution in [0.5, 0.6) is 0 Å². The van der Waals surface area contributed by atoms with Gasteiger partial charge in [-0.3, -0.25) is 4.90 Å². The first-order valence-electron chi connectivity index (χ1n) is 9.35. The fourth-order valence-electron chi connectivity index (χ4n) is 4.10. The standard InChI is InChI=1S/C18H21N9S/c1-11-23-24-17-27(11)25-14(28-17)12-6-5-7-13(10-12)26-16(20)21-15(19)22-18(26)8-3-2-4-9-18/h5-7,10H,2-4,8-9H2,1H3,(H4,19,20,21,22). The molecule has 10 heteroatoms. The van der Waals surface area contributed by atoms with E-state index in [2.05, 4.69) is 26.4 Å². The van der Waals surface area contributed by atoms with Crippen LogP contribution in [0.2, 0.25) is 0 Å². The largest absolute Gasteiger partial charge is 0.369 e. The Morgan fingerprint density at radius 1 is 1.11 bits per heavy atom. The summed E-state index contributed by atoms with van der Waals surface area (Å²) in [6, 6.07) is 8.15. The second-order valence-electron chi connectivity index (χ2n) is 7.22. The fourth-order valence-corrected chi connectivity index (χ4v) is 4.99. The molecule has 9 nitrogen and oxygen atoms in total. The van der Waals surface area contributed by atoms with Crippen LogP contribution in [0.4, 0.5) is 5.69 Å². The number of anilines is 1. The van der Waals surface area contributed by atoms with Gasteiger partial charge >= 0.3 is 0 Å². The minimum atomic E-state index is -0.454. The van der Waals surface area contributed by atoms with Crippen molar-refractivity contribution in [2.75, 3.05) is 4.90 Å². The molecule has 1 aromatic carbocycles. The third kappa shape index (κ3) is 2.63. The number of hydrogen-bond acceptors (Lipinski definition) is 9. The normalized spacial score (nSPS) is 19.1. The van der Waals surface area contributed by atoms with Crippen LogP contribution in [0, 0.1) is 6.92 Å². The van der Waals surface area contributed by atoms with Crippen molar-refractivity contribution in [3.8, 4) is 10.6 Å². The van der Waals surface area contributed by atoms with E-state index >= 15 is 0 Å². The summed E-state index contributed by atoms with van der Waals surface area (Å²) < 4.78 is 1.76. The van der Waals surface area contributed by atoms with E-state index in [1.165, 1.54) is 17.8 Å². The summed E-state index contributed by atoms with van der Waals surface area (Å²) in [4.78, 5) is 11.8. The minimum Gasteiger partial charge on any atom is -0.369 e. The molecular weight excluding hydrogens is 374 g/mol. The summed E-state index contributed by atoms with van der Waals surface area (Å²) >= 11 is 1.51. The Morgan fingerprint density at radius 2 is 1.93 bits per heavy atom. The number of nitrogens with two attached hydrogens (primary N) is 2. The van der Waals surface area contributed by atoms with E-state index in [4.69, 9.17) is 16.5 Å². The lowest BCUT2D eigenvalue weighted by molar-refractivity contribution is 0.305. The zero-order valence-electron chi connectivity index (χ0n) is 15.5. The highest BCUT2D eigenvalue weighted by atomic mass is 32.1. The lowest BCUT2D eigenvalue weighted by atomic mass is 9.87. The van der Waals surface area contributed by atoms with Crippen molar-refractivity contribution < 1.29 is 0 Å². The van der Waals surface area contributed by atoms with E-state index in [0.29, 0.717) is 5.96 Å². The summed E-state index contributed by atoms with van der Waals surface area (Å²) in [5.74, 6) is 1.42. The molecule has 0 atom stereocenters. The molecule has 0 radical (unpaired) electrons. The van der Waals surface area contributed by atoms with Gasteiger partial charge in [-0.2, -0.15) is 14.6 Å². The van der Waals surface area contributed by atoms with Gasteiger partial charge in [0.25, 0.3) is 0 Å². The molecule has 2 aromatic heterocycles. The number of hydrogen-bond donors (Lipinski definition) is 2. The maximum atomic E-state index is 6.34. The number of benzene rings is 1. The molecule has 0 bridgehead atoms. The van der Waals surface area contributed by atoms with Gasteiger partial charge < -0.3 is 11.5 Å². The van der Waals surface area contributed by atoms with Gasteiger partial charge in [0, 0.05) is 11.3 Å². The average molecular weight is 395 g/mol. The Hall–Kier alpha value is -3.01. The summed E-state index contributed by atoms with van der Waals surface area (Å²) in [6.07, 6.45) is 5.20. The van der Waals surface area contributed by atoms with Crippen LogP contribution < -0.4 is 16.4 Å². The van der Waals surface area contributed by atoms with Gasteiger partial charge in [0.15, 0.2) is 5.82 Å². The topological polar surface area (TPSA) is 123 Å². The lowest BCUT2D eigenvalue weighted by Gasteiger charge is -2.45. The van der Waals surface area contributed by atoms with Crippen LogP contribution in [0.1, 0.15) is 37.9 Å². The molecule has 3 heterocycles. The van der Waals surface area contributed by atoms with E-state index in [1.807, 2.05) is 30.0 Å². The van der Waals surface area contributed by atoms with Crippen molar-refractivity contribution in [1.82, 2.24) is 19.8 Å². The number of nitrogens with zero attached hydrogens (tertiary/aromatic N) is 7. The average Bonchev–Trinajstić information content (AvgIpc) is 3.24. The molecule has 0 unspecified atom stereocenters. The highest BCUT2D eigenvalue weighted by Gasteiger charge is 2.42. The molecule has 1 aliphatic carbocycles. The van der Waals surface area contributed by atoms with Crippen molar-refractivity contribution >= 4 is 33.9 Å². The summed E-state index contributed by atoms with van der Waals surface area (Å²) in [6.45, 7) is 1.89. The molecular formula is C18H21N9S. The van der Waals surface area contributed by atoms with Crippen LogP contribution in [0.25, 0.3) is 15.5 Å². The Labute approximate surface area is 165 Å². The van der Waals surface area contributed by atoms with Gasteiger partial charge in [0.05, 0.1) is 0 Å². The second kappa shape index (κ2) is 6.26. The number of fused-ring (bicyclic) bond motifs is 1. The molecule has 3 aromatic rings. The number of guanidine groups is 2. The third-order valence-corrected chi connectivity index (χ3v) is 6.30. The lowest BCUT2D eigenvalue weighted by Crippen LogP contribution is -2.58. The predicted molar refractivity (Wildman–Crippen MR) is 110 cm³/mol. The van der Waals surface area contributed by atoms with E-state index in [1.54, 1.807) is 4.52 Å². The van der Waals surface area contributed by atoms with Gasteiger partial charge in [0.2, 0.25) is 16.9 Å². The van der Waals surface area contributed by atoms with Gasteiger partial charge in [-0.1, -0.05) is 29.9 Å². The molecule has 0 amide bonds. The maximum absolute atomic E-state index is 6.34. The van der Waals surface area contributed by atoms with Crippen molar-refractivity contribution in [2.45, 2.75) is 44.7 Å². The SMILES string of the molecule is Cc1nnc2sc(-c3cccc(N4C(N)=NC(N)=NC45CCCCC5)c3)nn12. The maximum Gasteiger partial charge on any atom is 0.234 e. The summed E-state index contributed by atoms with van der Waals surface area (Å²) in [5.41, 5.74) is 13.8. The Morgan fingerprint density at radius 3 is 2.71 bits per heavy atom. The molecule has 28 heavy (non-hydrogen) atoms. The fraction of sp³-hybridized carbons (Fsp3) is 0.389. The van der Waals surface area contributed by atoms with Crippen LogP contribution in [0.15, 0.2) is 34.3 Å².